The lowest BCUT2D eigenvalue weighted by molar-refractivity contribution is 0.0690. The third-order valence-corrected chi connectivity index (χ3v) is 1.74. The summed E-state index contributed by atoms with van der Waals surface area (Å²) in [6, 6.07) is 0. The second-order valence-corrected chi connectivity index (χ2v) is 2.80. The molecule has 1 unspecified atom stereocenters. The molecule has 72 valence electrons. The molecule has 0 amide bonds. The minimum atomic E-state index is -0.996. The number of nitrogens with zero attached hydrogens (tertiary/aromatic N) is 1. The van der Waals surface area contributed by atoms with E-state index in [0.29, 0.717) is 12.2 Å². The monoisotopic (exact) mass is 184 g/mol. The first kappa shape index (κ1) is 9.73. The summed E-state index contributed by atoms with van der Waals surface area (Å²) in [6.45, 7) is 1.89. The summed E-state index contributed by atoms with van der Waals surface area (Å²) in [5.41, 5.74) is 0.110. The van der Waals surface area contributed by atoms with Crippen LogP contribution < -0.4 is 0 Å². The van der Waals surface area contributed by atoms with Crippen molar-refractivity contribution in [1.29, 1.82) is 0 Å². The van der Waals surface area contributed by atoms with Crippen molar-refractivity contribution in [1.82, 2.24) is 9.97 Å². The molecule has 1 heterocycles. The molecule has 0 radical (unpaired) electrons. The van der Waals surface area contributed by atoms with Crippen LogP contribution in [-0.4, -0.2) is 34.3 Å². The number of methoxy groups -OCH3 is 1. The molecule has 0 aliphatic rings. The number of nitrogens with one attached hydrogen (secondary N) is 1. The molecule has 0 fully saturated rings. The van der Waals surface area contributed by atoms with Crippen LogP contribution in [0.5, 0.6) is 0 Å². The number of carbonyl (C=O) groups is 1. The van der Waals surface area contributed by atoms with E-state index < -0.39 is 5.97 Å². The van der Waals surface area contributed by atoms with E-state index in [1.165, 1.54) is 6.20 Å². The van der Waals surface area contributed by atoms with Crippen molar-refractivity contribution in [3.8, 4) is 0 Å². The zero-order valence-electron chi connectivity index (χ0n) is 7.57. The van der Waals surface area contributed by atoms with Crippen molar-refractivity contribution in [3.05, 3.63) is 17.7 Å². The quantitative estimate of drug-likeness (QED) is 0.721. The Balaban J connectivity index is 2.64. The summed E-state index contributed by atoms with van der Waals surface area (Å²) in [7, 11) is 1.60. The number of carboxylic acid groups (broad SMARTS) is 1. The summed E-state index contributed by atoms with van der Waals surface area (Å²) in [4.78, 5) is 17.1. The molecule has 0 saturated heterocycles. The van der Waals surface area contributed by atoms with Crippen LogP contribution in [0.2, 0.25) is 0 Å². The molecule has 0 aliphatic heterocycles. The Morgan fingerprint density at radius 3 is 3.00 bits per heavy atom. The van der Waals surface area contributed by atoms with Gasteiger partial charge in [0.1, 0.15) is 11.5 Å². The fraction of sp³-hybridized carbons (Fsp3) is 0.500. The second kappa shape index (κ2) is 4.04. The highest BCUT2D eigenvalue weighted by Gasteiger charge is 2.09. The lowest BCUT2D eigenvalue weighted by Crippen LogP contribution is -2.09. The molecule has 1 aromatic heterocycles. The fourth-order valence-corrected chi connectivity index (χ4v) is 0.931. The van der Waals surface area contributed by atoms with Gasteiger partial charge in [-0.15, -0.1) is 0 Å². The van der Waals surface area contributed by atoms with Crippen LogP contribution in [0.4, 0.5) is 0 Å². The average molecular weight is 184 g/mol. The van der Waals surface area contributed by atoms with Gasteiger partial charge < -0.3 is 14.8 Å². The molecule has 5 nitrogen and oxygen atoms in total. The van der Waals surface area contributed by atoms with E-state index in [9.17, 15) is 4.79 Å². The topological polar surface area (TPSA) is 75.2 Å². The van der Waals surface area contributed by atoms with Crippen LogP contribution in [-0.2, 0) is 11.2 Å². The van der Waals surface area contributed by atoms with Crippen molar-refractivity contribution in [2.75, 3.05) is 7.11 Å². The van der Waals surface area contributed by atoms with Gasteiger partial charge in [-0.3, -0.25) is 0 Å². The number of ether oxygens (including phenoxy) is 1. The first-order valence-electron chi connectivity index (χ1n) is 3.93. The van der Waals surface area contributed by atoms with Crippen LogP contribution in [0.3, 0.4) is 0 Å². The van der Waals surface area contributed by atoms with Crippen LogP contribution in [0.1, 0.15) is 23.2 Å². The van der Waals surface area contributed by atoms with Gasteiger partial charge in [-0.1, -0.05) is 0 Å². The highest BCUT2D eigenvalue weighted by atomic mass is 16.5. The average Bonchev–Trinajstić information content (AvgIpc) is 2.52. The van der Waals surface area contributed by atoms with Crippen molar-refractivity contribution in [2.45, 2.75) is 19.4 Å². The summed E-state index contributed by atoms with van der Waals surface area (Å²) < 4.78 is 5.02. The minimum absolute atomic E-state index is 0.0350. The maximum absolute atomic E-state index is 10.5. The molecular formula is C8H12N2O3. The van der Waals surface area contributed by atoms with Gasteiger partial charge in [-0.2, -0.15) is 0 Å². The molecular weight excluding hydrogens is 172 g/mol. The van der Waals surface area contributed by atoms with Crippen molar-refractivity contribution < 1.29 is 14.6 Å². The standard InChI is InChI=1S/C8H12N2O3/c1-5(13-2)3-7-9-4-6(10-7)8(11)12/h4-5H,3H2,1-2H3,(H,9,10)(H,11,12). The van der Waals surface area contributed by atoms with Crippen molar-refractivity contribution in [3.63, 3.8) is 0 Å². The molecule has 13 heavy (non-hydrogen) atoms. The highest BCUT2D eigenvalue weighted by molar-refractivity contribution is 5.84. The Morgan fingerprint density at radius 1 is 1.85 bits per heavy atom. The zero-order valence-corrected chi connectivity index (χ0v) is 7.57. The predicted octanol–water partition coefficient (Wildman–Crippen LogP) is 0.685. The van der Waals surface area contributed by atoms with Crippen LogP contribution in [0.15, 0.2) is 6.20 Å². The van der Waals surface area contributed by atoms with Crippen LogP contribution in [0.25, 0.3) is 0 Å². The van der Waals surface area contributed by atoms with E-state index in [1.54, 1.807) is 7.11 Å². The summed E-state index contributed by atoms with van der Waals surface area (Å²) in [5, 5.41) is 8.59. The number of aromatic carboxylic acids is 1. The lowest BCUT2D eigenvalue weighted by atomic mass is 10.3. The molecule has 1 rings (SSSR count). The normalized spacial score (nSPS) is 12.8. The number of hydrogen-bond donors (Lipinski definition) is 2. The molecule has 1 aromatic rings. The third kappa shape index (κ3) is 2.55. The molecule has 0 saturated carbocycles. The minimum Gasteiger partial charge on any atom is -0.477 e. The molecule has 2 N–H and O–H groups in total. The number of H-pyrrole nitrogens is 1. The van der Waals surface area contributed by atoms with Gasteiger partial charge in [-0.25, -0.2) is 9.78 Å². The molecule has 5 heteroatoms. The number of rotatable bonds is 4. The molecule has 0 spiro atoms. The van der Waals surface area contributed by atoms with E-state index in [0.717, 1.165) is 0 Å². The van der Waals surface area contributed by atoms with Crippen molar-refractivity contribution >= 4 is 5.97 Å². The highest BCUT2D eigenvalue weighted by Crippen LogP contribution is 2.02. The van der Waals surface area contributed by atoms with Crippen LogP contribution >= 0.6 is 0 Å². The number of aromatic nitrogens is 2. The summed E-state index contributed by atoms with van der Waals surface area (Å²) >= 11 is 0. The Hall–Kier alpha value is -1.36. The first-order chi connectivity index (χ1) is 6.13. The molecule has 0 bridgehead atoms. The number of carboxylic acids is 1. The summed E-state index contributed by atoms with van der Waals surface area (Å²) in [5.74, 6) is -0.365. The Morgan fingerprint density at radius 2 is 2.54 bits per heavy atom. The van der Waals surface area contributed by atoms with E-state index in [4.69, 9.17) is 9.84 Å². The largest absolute Gasteiger partial charge is 0.477 e. The Kier molecular flexibility index (Phi) is 3.02. The van der Waals surface area contributed by atoms with Gasteiger partial charge in [-0.05, 0) is 6.92 Å². The van der Waals surface area contributed by atoms with Gasteiger partial charge >= 0.3 is 5.97 Å². The zero-order chi connectivity index (χ0) is 9.84. The third-order valence-electron chi connectivity index (χ3n) is 1.74. The number of hydrogen-bond acceptors (Lipinski definition) is 3. The number of imidazole rings is 1. The number of aromatic amines is 1. The van der Waals surface area contributed by atoms with E-state index in [2.05, 4.69) is 9.97 Å². The molecule has 0 aromatic carbocycles. The SMILES string of the molecule is COC(C)Cc1ncc(C(=O)O)[nH]1. The van der Waals surface area contributed by atoms with E-state index >= 15 is 0 Å². The second-order valence-electron chi connectivity index (χ2n) is 2.80. The lowest BCUT2D eigenvalue weighted by Gasteiger charge is -2.05. The smallest absolute Gasteiger partial charge is 0.353 e. The maximum Gasteiger partial charge on any atom is 0.353 e. The molecule has 0 aliphatic carbocycles. The van der Waals surface area contributed by atoms with Gasteiger partial charge in [0.2, 0.25) is 0 Å². The van der Waals surface area contributed by atoms with Gasteiger partial charge in [0, 0.05) is 13.5 Å². The maximum atomic E-state index is 10.5. The van der Waals surface area contributed by atoms with Gasteiger partial charge in [0.25, 0.3) is 0 Å². The van der Waals surface area contributed by atoms with Gasteiger partial charge in [0.15, 0.2) is 0 Å². The first-order valence-corrected chi connectivity index (χ1v) is 3.93. The van der Waals surface area contributed by atoms with Crippen LogP contribution in [0, 0.1) is 0 Å². The predicted molar refractivity (Wildman–Crippen MR) is 45.7 cm³/mol. The van der Waals surface area contributed by atoms with Crippen molar-refractivity contribution in [2.24, 2.45) is 0 Å². The molecule has 1 atom stereocenters. The Labute approximate surface area is 75.8 Å². The van der Waals surface area contributed by atoms with Gasteiger partial charge in [0.05, 0.1) is 12.3 Å². The van der Waals surface area contributed by atoms with E-state index in [-0.39, 0.29) is 11.8 Å². The summed E-state index contributed by atoms with van der Waals surface area (Å²) in [6.07, 6.45) is 1.93. The Bertz CT molecular complexity index is 295. The fourth-order valence-electron chi connectivity index (χ4n) is 0.931. The van der Waals surface area contributed by atoms with E-state index in [1.807, 2.05) is 6.92 Å².